The number of nitrogens with zero attached hydrogens (tertiary/aromatic N) is 1. The Morgan fingerprint density at radius 2 is 2.43 bits per heavy atom. The zero-order valence-electron chi connectivity index (χ0n) is 7.82. The Morgan fingerprint density at radius 1 is 1.64 bits per heavy atom. The van der Waals surface area contributed by atoms with Crippen LogP contribution in [0.4, 0.5) is 0 Å². The third-order valence-electron chi connectivity index (χ3n) is 2.37. The summed E-state index contributed by atoms with van der Waals surface area (Å²) in [6.45, 7) is 0. The van der Waals surface area contributed by atoms with E-state index in [1.165, 1.54) is 4.88 Å². The molecule has 1 heterocycles. The van der Waals surface area contributed by atoms with Crippen molar-refractivity contribution in [1.82, 2.24) is 4.98 Å². The van der Waals surface area contributed by atoms with Gasteiger partial charge in [-0.2, -0.15) is 0 Å². The van der Waals surface area contributed by atoms with E-state index in [2.05, 4.69) is 4.98 Å². The quantitative estimate of drug-likeness (QED) is 0.747. The number of aromatic nitrogens is 1. The van der Waals surface area contributed by atoms with Gasteiger partial charge in [-0.1, -0.05) is 0 Å². The van der Waals surface area contributed by atoms with Gasteiger partial charge >= 0.3 is 0 Å². The lowest BCUT2D eigenvalue weighted by Gasteiger charge is -2.15. The van der Waals surface area contributed by atoms with Gasteiger partial charge in [0.05, 0.1) is 12.1 Å². The van der Waals surface area contributed by atoms with Crippen LogP contribution >= 0.6 is 11.3 Å². The minimum Gasteiger partial charge on any atom is -0.369 e. The Kier molecular flexibility index (Phi) is 2.52. The molecule has 1 aromatic rings. The molecule has 4 nitrogen and oxygen atoms in total. The van der Waals surface area contributed by atoms with Crippen LogP contribution in [0.25, 0.3) is 0 Å². The largest absolute Gasteiger partial charge is 0.369 e. The summed E-state index contributed by atoms with van der Waals surface area (Å²) in [5.41, 5.74) is 12.0. The van der Waals surface area contributed by atoms with Crippen molar-refractivity contribution < 1.29 is 4.79 Å². The van der Waals surface area contributed by atoms with E-state index in [-0.39, 0.29) is 18.4 Å². The van der Waals surface area contributed by atoms with Crippen molar-refractivity contribution in [3.05, 3.63) is 15.6 Å². The van der Waals surface area contributed by atoms with Crippen LogP contribution < -0.4 is 11.5 Å². The molecule has 2 rings (SSSR count). The Morgan fingerprint density at radius 3 is 3.07 bits per heavy atom. The molecule has 0 fully saturated rings. The van der Waals surface area contributed by atoms with E-state index in [1.807, 2.05) is 0 Å². The Bertz CT molecular complexity index is 361. The third-order valence-corrected chi connectivity index (χ3v) is 3.50. The number of hydrogen-bond donors (Lipinski definition) is 2. The average molecular weight is 211 g/mol. The molecule has 1 aliphatic rings. The summed E-state index contributed by atoms with van der Waals surface area (Å²) in [6.07, 6.45) is 3.39. The van der Waals surface area contributed by atoms with Gasteiger partial charge < -0.3 is 11.5 Å². The smallest absolute Gasteiger partial charge is 0.224 e. The monoisotopic (exact) mass is 211 g/mol. The van der Waals surface area contributed by atoms with Crippen molar-refractivity contribution in [3.63, 3.8) is 0 Å². The minimum atomic E-state index is -0.329. The molecular formula is C9H13N3OS. The van der Waals surface area contributed by atoms with E-state index in [1.54, 1.807) is 11.3 Å². The third kappa shape index (κ3) is 1.78. The fraction of sp³-hybridized carbons (Fsp3) is 0.556. The number of hydrogen-bond acceptors (Lipinski definition) is 4. The number of nitrogens with two attached hydrogens (primary N) is 2. The highest BCUT2D eigenvalue weighted by atomic mass is 32.1. The highest BCUT2D eigenvalue weighted by Crippen LogP contribution is 2.31. The van der Waals surface area contributed by atoms with Gasteiger partial charge in [-0.05, 0) is 19.3 Å². The van der Waals surface area contributed by atoms with Gasteiger partial charge in [0.15, 0.2) is 0 Å². The van der Waals surface area contributed by atoms with Gasteiger partial charge in [-0.25, -0.2) is 4.98 Å². The maximum atomic E-state index is 10.7. The van der Waals surface area contributed by atoms with Crippen molar-refractivity contribution in [1.29, 1.82) is 0 Å². The number of primary amides is 1. The van der Waals surface area contributed by atoms with Crippen LogP contribution in [-0.2, 0) is 17.6 Å². The number of amides is 1. The highest BCUT2D eigenvalue weighted by Gasteiger charge is 2.21. The van der Waals surface area contributed by atoms with Crippen molar-refractivity contribution in [2.75, 3.05) is 0 Å². The number of thiazole rings is 1. The molecule has 1 aromatic heterocycles. The number of carbonyl (C=O) groups excluding carboxylic acids is 1. The first-order valence-corrected chi connectivity index (χ1v) is 5.51. The first-order chi connectivity index (χ1) is 6.66. The summed E-state index contributed by atoms with van der Waals surface area (Å²) < 4.78 is 0. The Hall–Kier alpha value is -0.940. The summed E-state index contributed by atoms with van der Waals surface area (Å²) >= 11 is 1.58. The van der Waals surface area contributed by atoms with E-state index in [4.69, 9.17) is 11.5 Å². The van der Waals surface area contributed by atoms with Crippen LogP contribution in [0, 0.1) is 0 Å². The van der Waals surface area contributed by atoms with E-state index < -0.39 is 0 Å². The van der Waals surface area contributed by atoms with E-state index in [0.29, 0.717) is 0 Å². The van der Waals surface area contributed by atoms with Gasteiger partial charge in [0, 0.05) is 10.9 Å². The molecule has 1 aliphatic carbocycles. The zero-order chi connectivity index (χ0) is 10.1. The van der Waals surface area contributed by atoms with Gasteiger partial charge in [-0.3, -0.25) is 4.79 Å². The lowest BCUT2D eigenvalue weighted by Crippen LogP contribution is -2.17. The Labute approximate surface area is 86.3 Å². The normalized spacial score (nSPS) is 20.5. The molecule has 0 spiro atoms. The van der Waals surface area contributed by atoms with Crippen molar-refractivity contribution in [2.45, 2.75) is 31.7 Å². The number of carbonyl (C=O) groups is 1. The van der Waals surface area contributed by atoms with E-state index >= 15 is 0 Å². The van der Waals surface area contributed by atoms with Gasteiger partial charge in [-0.15, -0.1) is 11.3 Å². The predicted octanol–water partition coefficient (Wildman–Crippen LogP) is 0.507. The zero-order valence-corrected chi connectivity index (χ0v) is 8.64. The molecule has 0 bridgehead atoms. The molecule has 1 unspecified atom stereocenters. The highest BCUT2D eigenvalue weighted by molar-refractivity contribution is 7.11. The molecule has 1 amide bonds. The van der Waals surface area contributed by atoms with Crippen LogP contribution in [0.5, 0.6) is 0 Å². The molecule has 76 valence electrons. The molecule has 1 atom stereocenters. The molecule has 0 aromatic carbocycles. The van der Waals surface area contributed by atoms with E-state index in [9.17, 15) is 4.79 Å². The molecule has 0 aliphatic heterocycles. The number of fused-ring (bicyclic) bond motifs is 1. The fourth-order valence-electron chi connectivity index (χ4n) is 1.73. The maximum absolute atomic E-state index is 10.7. The lowest BCUT2D eigenvalue weighted by molar-refractivity contribution is -0.117. The fourth-order valence-corrected chi connectivity index (χ4v) is 2.92. The van der Waals surface area contributed by atoms with Crippen LogP contribution in [0.1, 0.15) is 34.5 Å². The summed E-state index contributed by atoms with van der Waals surface area (Å²) in [7, 11) is 0. The second-order valence-electron chi connectivity index (χ2n) is 3.56. The second-order valence-corrected chi connectivity index (χ2v) is 4.73. The van der Waals surface area contributed by atoms with Crippen molar-refractivity contribution >= 4 is 17.2 Å². The molecule has 4 N–H and O–H groups in total. The number of aryl methyl sites for hydroxylation is 1. The van der Waals surface area contributed by atoms with Crippen LogP contribution in [0.2, 0.25) is 0 Å². The first-order valence-electron chi connectivity index (χ1n) is 4.69. The van der Waals surface area contributed by atoms with Crippen molar-refractivity contribution in [2.24, 2.45) is 11.5 Å². The first kappa shape index (κ1) is 9.61. The Balaban J connectivity index is 2.26. The van der Waals surface area contributed by atoms with Gasteiger partial charge in [0.1, 0.15) is 5.01 Å². The average Bonchev–Trinajstić information content (AvgIpc) is 2.47. The number of rotatable bonds is 2. The standard InChI is InChI=1S/C9H13N3OS/c10-5-2-1-3-6-9(5)12-8(14-6)4-7(11)13/h5H,1-4,10H2,(H2,11,13). The van der Waals surface area contributed by atoms with Gasteiger partial charge in [0.2, 0.25) is 5.91 Å². The van der Waals surface area contributed by atoms with Crippen LogP contribution in [0.3, 0.4) is 0 Å². The lowest BCUT2D eigenvalue weighted by atomic mass is 9.99. The molecule has 14 heavy (non-hydrogen) atoms. The van der Waals surface area contributed by atoms with Crippen molar-refractivity contribution in [3.8, 4) is 0 Å². The minimum absolute atomic E-state index is 0.0524. The molecule has 0 saturated carbocycles. The predicted molar refractivity (Wildman–Crippen MR) is 54.9 cm³/mol. The molecule has 0 saturated heterocycles. The summed E-state index contributed by atoms with van der Waals surface area (Å²) in [4.78, 5) is 16.3. The van der Waals surface area contributed by atoms with Crippen LogP contribution in [-0.4, -0.2) is 10.9 Å². The van der Waals surface area contributed by atoms with Gasteiger partial charge in [0.25, 0.3) is 0 Å². The second kappa shape index (κ2) is 3.67. The molecule has 5 heteroatoms. The molecule has 0 radical (unpaired) electrons. The topological polar surface area (TPSA) is 82.0 Å². The summed E-state index contributed by atoms with van der Waals surface area (Å²) in [5, 5.41) is 0.805. The SMILES string of the molecule is NC(=O)Cc1nc2c(s1)CCCC2N. The molecular weight excluding hydrogens is 198 g/mol. The summed E-state index contributed by atoms with van der Waals surface area (Å²) in [5.74, 6) is -0.329. The summed E-state index contributed by atoms with van der Waals surface area (Å²) in [6, 6.07) is 0.0524. The van der Waals surface area contributed by atoms with Crippen LogP contribution in [0.15, 0.2) is 0 Å². The maximum Gasteiger partial charge on any atom is 0.224 e. The van der Waals surface area contributed by atoms with E-state index in [0.717, 1.165) is 30.0 Å².